The molecule has 0 saturated heterocycles. The van der Waals surface area contributed by atoms with Crippen molar-refractivity contribution in [2.45, 2.75) is 19.9 Å². The number of fused-ring (bicyclic) bond motifs is 1. The minimum Gasteiger partial charge on any atom is -0.361 e. The lowest BCUT2D eigenvalue weighted by atomic mass is 10.1. The summed E-state index contributed by atoms with van der Waals surface area (Å²) in [4.78, 5) is 3.29. The second-order valence-electron chi connectivity index (χ2n) is 5.34. The molecule has 0 spiro atoms. The van der Waals surface area contributed by atoms with Crippen molar-refractivity contribution in [3.8, 4) is 0 Å². The molecule has 2 heterocycles. The van der Waals surface area contributed by atoms with Crippen LogP contribution in [0.1, 0.15) is 16.8 Å². The first kappa shape index (κ1) is 14.2. The maximum Gasteiger partial charge on any atom is 0.0638 e. The molecular formula is C16H19ClN4. The van der Waals surface area contributed by atoms with Gasteiger partial charge in [-0.3, -0.25) is 4.68 Å². The monoisotopic (exact) mass is 302 g/mol. The highest BCUT2D eigenvalue weighted by molar-refractivity contribution is 6.31. The number of hydrogen-bond acceptors (Lipinski definition) is 2. The zero-order chi connectivity index (χ0) is 14.8. The van der Waals surface area contributed by atoms with E-state index >= 15 is 0 Å². The number of H-pyrrole nitrogens is 1. The first-order valence-corrected chi connectivity index (χ1v) is 7.46. The molecule has 0 saturated carbocycles. The molecule has 2 aromatic heterocycles. The molecule has 0 amide bonds. The fourth-order valence-corrected chi connectivity index (χ4v) is 2.80. The van der Waals surface area contributed by atoms with Crippen molar-refractivity contribution < 1.29 is 0 Å². The Morgan fingerprint density at radius 3 is 2.95 bits per heavy atom. The molecule has 0 aliphatic rings. The van der Waals surface area contributed by atoms with E-state index in [0.717, 1.165) is 35.7 Å². The van der Waals surface area contributed by atoms with Crippen LogP contribution in [0.2, 0.25) is 5.02 Å². The van der Waals surface area contributed by atoms with Crippen LogP contribution in [0, 0.1) is 6.92 Å². The Hall–Kier alpha value is -1.78. The van der Waals surface area contributed by atoms with Crippen LogP contribution < -0.4 is 5.32 Å². The molecule has 0 bridgehead atoms. The molecule has 2 N–H and O–H groups in total. The van der Waals surface area contributed by atoms with E-state index in [-0.39, 0.29) is 0 Å². The standard InChI is InChI=1S/C16H19ClN4/c1-11-13(10-21(2)20-11)8-18-6-5-12-9-19-16-4-3-14(17)7-15(12)16/h3-4,7,9-10,18-19H,5-6,8H2,1-2H3. The predicted molar refractivity (Wildman–Crippen MR) is 86.7 cm³/mol. The van der Waals surface area contributed by atoms with Crippen molar-refractivity contribution in [1.29, 1.82) is 0 Å². The van der Waals surface area contributed by atoms with E-state index in [2.05, 4.69) is 27.8 Å². The summed E-state index contributed by atoms with van der Waals surface area (Å²) < 4.78 is 1.86. The molecule has 4 nitrogen and oxygen atoms in total. The number of nitrogens with one attached hydrogen (secondary N) is 2. The number of nitrogens with zero attached hydrogens (tertiary/aromatic N) is 2. The third-order valence-corrected chi connectivity index (χ3v) is 3.97. The number of hydrogen-bond donors (Lipinski definition) is 2. The first-order chi connectivity index (χ1) is 10.1. The van der Waals surface area contributed by atoms with Crippen LogP contribution in [-0.2, 0) is 20.0 Å². The van der Waals surface area contributed by atoms with E-state index in [1.165, 1.54) is 16.5 Å². The molecule has 21 heavy (non-hydrogen) atoms. The summed E-state index contributed by atoms with van der Waals surface area (Å²) >= 11 is 6.07. The van der Waals surface area contributed by atoms with Gasteiger partial charge < -0.3 is 10.3 Å². The zero-order valence-electron chi connectivity index (χ0n) is 12.3. The van der Waals surface area contributed by atoms with Crippen molar-refractivity contribution >= 4 is 22.5 Å². The maximum absolute atomic E-state index is 6.07. The van der Waals surface area contributed by atoms with Gasteiger partial charge in [0.1, 0.15) is 0 Å². The Labute approximate surface area is 129 Å². The smallest absolute Gasteiger partial charge is 0.0638 e. The Kier molecular flexibility index (Phi) is 3.99. The van der Waals surface area contributed by atoms with Crippen LogP contribution in [0.4, 0.5) is 0 Å². The number of aromatic nitrogens is 3. The molecule has 3 rings (SSSR count). The molecule has 1 aromatic carbocycles. The molecule has 0 aliphatic carbocycles. The van der Waals surface area contributed by atoms with E-state index in [4.69, 9.17) is 11.6 Å². The molecule has 0 unspecified atom stereocenters. The largest absolute Gasteiger partial charge is 0.361 e. The number of rotatable bonds is 5. The highest BCUT2D eigenvalue weighted by atomic mass is 35.5. The van der Waals surface area contributed by atoms with Gasteiger partial charge in [0.15, 0.2) is 0 Å². The SMILES string of the molecule is Cc1nn(C)cc1CNCCc1c[nH]c2ccc(Cl)cc12. The number of halogens is 1. The van der Waals surface area contributed by atoms with Crippen LogP contribution in [-0.4, -0.2) is 21.3 Å². The van der Waals surface area contributed by atoms with Gasteiger partial charge in [0.05, 0.1) is 5.69 Å². The molecule has 0 aliphatic heterocycles. The van der Waals surface area contributed by atoms with Gasteiger partial charge in [-0.1, -0.05) is 11.6 Å². The Morgan fingerprint density at radius 2 is 2.19 bits per heavy atom. The van der Waals surface area contributed by atoms with Crippen LogP contribution in [0.25, 0.3) is 10.9 Å². The van der Waals surface area contributed by atoms with Crippen LogP contribution >= 0.6 is 11.6 Å². The van der Waals surface area contributed by atoms with Gasteiger partial charge in [-0.2, -0.15) is 5.10 Å². The summed E-state index contributed by atoms with van der Waals surface area (Å²) in [5.41, 5.74) is 4.77. The van der Waals surface area contributed by atoms with Gasteiger partial charge in [-0.15, -0.1) is 0 Å². The van der Waals surface area contributed by atoms with Crippen LogP contribution in [0.5, 0.6) is 0 Å². The predicted octanol–water partition coefficient (Wildman–Crippen LogP) is 3.20. The van der Waals surface area contributed by atoms with Crippen molar-refractivity contribution in [3.63, 3.8) is 0 Å². The lowest BCUT2D eigenvalue weighted by molar-refractivity contribution is 0.685. The molecule has 0 atom stereocenters. The Balaban J connectivity index is 1.59. The van der Waals surface area contributed by atoms with Crippen LogP contribution in [0.15, 0.2) is 30.6 Å². The highest BCUT2D eigenvalue weighted by Crippen LogP contribution is 2.22. The number of aromatic amines is 1. The summed E-state index contributed by atoms with van der Waals surface area (Å²) in [7, 11) is 1.95. The van der Waals surface area contributed by atoms with Gasteiger partial charge in [0.25, 0.3) is 0 Å². The summed E-state index contributed by atoms with van der Waals surface area (Å²) in [6, 6.07) is 5.95. The summed E-state index contributed by atoms with van der Waals surface area (Å²) in [6.45, 7) is 3.81. The van der Waals surface area contributed by atoms with E-state index in [1.54, 1.807) is 0 Å². The van der Waals surface area contributed by atoms with Crippen molar-refractivity contribution in [1.82, 2.24) is 20.1 Å². The van der Waals surface area contributed by atoms with E-state index in [9.17, 15) is 0 Å². The fraction of sp³-hybridized carbons (Fsp3) is 0.312. The van der Waals surface area contributed by atoms with Gasteiger partial charge >= 0.3 is 0 Å². The number of benzene rings is 1. The van der Waals surface area contributed by atoms with Gasteiger partial charge in [0.2, 0.25) is 0 Å². The topological polar surface area (TPSA) is 45.6 Å². The first-order valence-electron chi connectivity index (χ1n) is 7.09. The van der Waals surface area contributed by atoms with Gasteiger partial charge in [-0.05, 0) is 43.7 Å². The third kappa shape index (κ3) is 3.12. The Morgan fingerprint density at radius 1 is 1.33 bits per heavy atom. The average molecular weight is 303 g/mol. The summed E-state index contributed by atoms with van der Waals surface area (Å²) in [6.07, 6.45) is 5.10. The molecule has 5 heteroatoms. The van der Waals surface area contributed by atoms with Crippen molar-refractivity contribution in [3.05, 3.63) is 52.4 Å². The van der Waals surface area contributed by atoms with Crippen molar-refractivity contribution in [2.75, 3.05) is 6.54 Å². The van der Waals surface area contributed by atoms with Gasteiger partial charge in [0, 0.05) is 47.5 Å². The minimum absolute atomic E-state index is 0.780. The zero-order valence-corrected chi connectivity index (χ0v) is 13.0. The lowest BCUT2D eigenvalue weighted by Crippen LogP contribution is -2.16. The fourth-order valence-electron chi connectivity index (χ4n) is 2.63. The molecule has 3 aromatic rings. The second-order valence-corrected chi connectivity index (χ2v) is 5.78. The van der Waals surface area contributed by atoms with Crippen molar-refractivity contribution in [2.24, 2.45) is 7.05 Å². The average Bonchev–Trinajstić information content (AvgIpc) is 2.98. The normalized spacial score (nSPS) is 11.4. The Bertz CT molecular complexity index is 757. The van der Waals surface area contributed by atoms with E-state index in [1.807, 2.05) is 36.9 Å². The highest BCUT2D eigenvalue weighted by Gasteiger charge is 2.05. The molecule has 0 fully saturated rings. The quantitative estimate of drug-likeness (QED) is 0.711. The second kappa shape index (κ2) is 5.92. The van der Waals surface area contributed by atoms with Gasteiger partial charge in [-0.25, -0.2) is 0 Å². The van der Waals surface area contributed by atoms with E-state index in [0.29, 0.717) is 0 Å². The molecule has 110 valence electrons. The minimum atomic E-state index is 0.780. The maximum atomic E-state index is 6.07. The third-order valence-electron chi connectivity index (χ3n) is 3.73. The summed E-state index contributed by atoms with van der Waals surface area (Å²) in [5, 5.41) is 9.81. The summed E-state index contributed by atoms with van der Waals surface area (Å²) in [5.74, 6) is 0. The number of aryl methyl sites for hydroxylation is 2. The molecular weight excluding hydrogens is 284 g/mol. The lowest BCUT2D eigenvalue weighted by Gasteiger charge is -2.03. The van der Waals surface area contributed by atoms with Crippen LogP contribution in [0.3, 0.4) is 0 Å². The molecule has 0 radical (unpaired) electrons. The van der Waals surface area contributed by atoms with E-state index < -0.39 is 0 Å².